The number of hydrogen-bond acceptors (Lipinski definition) is 4. The average Bonchev–Trinajstić information content (AvgIpc) is 2.51. The predicted molar refractivity (Wildman–Crippen MR) is 111 cm³/mol. The van der Waals surface area contributed by atoms with Gasteiger partial charge < -0.3 is 4.52 Å². The summed E-state index contributed by atoms with van der Waals surface area (Å²) in [6.07, 6.45) is 6.27. The Balaban J connectivity index is 2.00. The summed E-state index contributed by atoms with van der Waals surface area (Å²) >= 11 is 0. The highest BCUT2D eigenvalue weighted by molar-refractivity contribution is 7.50. The van der Waals surface area contributed by atoms with Gasteiger partial charge in [-0.3, -0.25) is 0 Å². The van der Waals surface area contributed by atoms with Crippen molar-refractivity contribution in [3.05, 3.63) is 29.3 Å². The van der Waals surface area contributed by atoms with Gasteiger partial charge >= 0.3 is 7.82 Å². The second-order valence-electron chi connectivity index (χ2n) is 9.59. The van der Waals surface area contributed by atoms with Gasteiger partial charge in [0.2, 0.25) is 0 Å². The second kappa shape index (κ2) is 8.68. The van der Waals surface area contributed by atoms with Gasteiger partial charge in [0.25, 0.3) is 0 Å². The summed E-state index contributed by atoms with van der Waals surface area (Å²) in [6, 6.07) is 6.07. The minimum Gasteiger partial charge on any atom is -0.404 e. The van der Waals surface area contributed by atoms with Gasteiger partial charge in [0.15, 0.2) is 6.29 Å². The maximum atomic E-state index is 12.7. The Bertz CT molecular complexity index is 660. The van der Waals surface area contributed by atoms with Crippen LogP contribution in [0.15, 0.2) is 18.2 Å². The Kier molecular flexibility index (Phi) is 7.22. The maximum Gasteiger partial charge on any atom is 0.534 e. The molecule has 0 amide bonds. The molecule has 0 radical (unpaired) electrons. The lowest BCUT2D eigenvalue weighted by molar-refractivity contribution is -0.118. The highest BCUT2D eigenvalue weighted by atomic mass is 31.2. The number of phosphoric acid groups is 1. The molecular weight excluding hydrogens is 359 g/mol. The molecule has 154 valence electrons. The molecule has 5 heteroatoms. The fraction of sp³-hybridized carbons (Fsp3) is 0.727. The van der Waals surface area contributed by atoms with E-state index < -0.39 is 14.1 Å². The summed E-state index contributed by atoms with van der Waals surface area (Å²) < 4.78 is 29.5. The smallest absolute Gasteiger partial charge is 0.404 e. The first-order valence-corrected chi connectivity index (χ1v) is 11.7. The topological polar surface area (TPSA) is 44.8 Å². The van der Waals surface area contributed by atoms with Crippen LogP contribution in [0.4, 0.5) is 0 Å². The van der Waals surface area contributed by atoms with Crippen LogP contribution in [0.1, 0.15) is 98.1 Å². The van der Waals surface area contributed by atoms with E-state index in [0.29, 0.717) is 5.75 Å². The lowest BCUT2D eigenvalue weighted by Gasteiger charge is -2.35. The first-order chi connectivity index (χ1) is 12.4. The van der Waals surface area contributed by atoms with E-state index in [9.17, 15) is 4.57 Å². The van der Waals surface area contributed by atoms with Gasteiger partial charge in [-0.25, -0.2) is 13.6 Å². The molecule has 2 rings (SSSR count). The fourth-order valence-electron chi connectivity index (χ4n) is 3.14. The highest BCUT2D eigenvalue weighted by Crippen LogP contribution is 2.61. The molecule has 0 N–H and O–H groups in total. The average molecular weight is 397 g/mol. The molecular formula is C22H37O4P. The SMILES string of the molecule is CCCCCCCC1OP(=O)(Oc2ccc(C(C)(C)C)cc2C(C)(C)C)O1. The normalized spacial score (nSPS) is 23.1. The van der Waals surface area contributed by atoms with Crippen molar-refractivity contribution in [1.29, 1.82) is 0 Å². The zero-order chi connectivity index (χ0) is 20.3. The Labute approximate surface area is 165 Å². The van der Waals surface area contributed by atoms with Crippen molar-refractivity contribution in [2.24, 2.45) is 0 Å². The minimum atomic E-state index is -3.48. The van der Waals surface area contributed by atoms with E-state index in [2.05, 4.69) is 54.5 Å². The molecule has 0 atom stereocenters. The van der Waals surface area contributed by atoms with Gasteiger partial charge in [-0.05, 0) is 35.3 Å². The van der Waals surface area contributed by atoms with E-state index in [4.69, 9.17) is 13.6 Å². The number of phosphoric ester groups is 1. The van der Waals surface area contributed by atoms with Gasteiger partial charge in [-0.1, -0.05) is 86.3 Å². The van der Waals surface area contributed by atoms with Crippen LogP contribution in [0.2, 0.25) is 0 Å². The Morgan fingerprint density at radius 2 is 1.59 bits per heavy atom. The van der Waals surface area contributed by atoms with Crippen LogP contribution < -0.4 is 4.52 Å². The van der Waals surface area contributed by atoms with Crippen molar-refractivity contribution in [3.8, 4) is 5.75 Å². The molecule has 0 saturated carbocycles. The Hall–Kier alpha value is -0.830. The number of benzene rings is 1. The Morgan fingerprint density at radius 3 is 2.15 bits per heavy atom. The van der Waals surface area contributed by atoms with E-state index in [0.717, 1.165) is 24.8 Å². The summed E-state index contributed by atoms with van der Waals surface area (Å²) in [5.74, 6) is 0.584. The molecule has 0 aromatic heterocycles. The third kappa shape index (κ3) is 6.34. The largest absolute Gasteiger partial charge is 0.534 e. The molecule has 1 aliphatic rings. The third-order valence-electron chi connectivity index (χ3n) is 4.90. The van der Waals surface area contributed by atoms with Crippen LogP contribution in [0.3, 0.4) is 0 Å². The lowest BCUT2D eigenvalue weighted by Crippen LogP contribution is -2.28. The van der Waals surface area contributed by atoms with Crippen LogP contribution >= 0.6 is 7.82 Å². The van der Waals surface area contributed by atoms with E-state index in [1.807, 2.05) is 12.1 Å². The zero-order valence-electron chi connectivity index (χ0n) is 18.1. The molecule has 1 heterocycles. The van der Waals surface area contributed by atoms with Crippen LogP contribution in [-0.4, -0.2) is 6.29 Å². The van der Waals surface area contributed by atoms with Crippen molar-refractivity contribution in [2.75, 3.05) is 0 Å². The van der Waals surface area contributed by atoms with Gasteiger partial charge in [-0.2, -0.15) is 0 Å². The maximum absolute atomic E-state index is 12.7. The van der Waals surface area contributed by atoms with Crippen LogP contribution in [0.25, 0.3) is 0 Å². The molecule has 27 heavy (non-hydrogen) atoms. The van der Waals surface area contributed by atoms with E-state index >= 15 is 0 Å². The molecule has 4 nitrogen and oxygen atoms in total. The van der Waals surface area contributed by atoms with Crippen molar-refractivity contribution in [1.82, 2.24) is 0 Å². The number of hydrogen-bond donors (Lipinski definition) is 0. The first-order valence-electron chi connectivity index (χ1n) is 10.3. The number of unbranched alkanes of at least 4 members (excludes halogenated alkanes) is 4. The van der Waals surface area contributed by atoms with Crippen LogP contribution in [0, 0.1) is 0 Å². The van der Waals surface area contributed by atoms with Crippen molar-refractivity contribution >= 4 is 7.82 Å². The Morgan fingerprint density at radius 1 is 0.963 bits per heavy atom. The van der Waals surface area contributed by atoms with E-state index in [-0.39, 0.29) is 10.8 Å². The third-order valence-corrected chi connectivity index (χ3v) is 6.31. The van der Waals surface area contributed by atoms with Crippen molar-refractivity contribution < 1.29 is 18.1 Å². The molecule has 0 aliphatic carbocycles. The molecule has 1 saturated heterocycles. The van der Waals surface area contributed by atoms with Gasteiger partial charge in [0.05, 0.1) is 0 Å². The monoisotopic (exact) mass is 396 g/mol. The van der Waals surface area contributed by atoms with E-state index in [1.54, 1.807) is 0 Å². The quantitative estimate of drug-likeness (QED) is 0.337. The summed E-state index contributed by atoms with van der Waals surface area (Å²) in [5, 5.41) is 0. The van der Waals surface area contributed by atoms with Gasteiger partial charge in [0.1, 0.15) is 5.75 Å². The summed E-state index contributed by atoms with van der Waals surface area (Å²) in [6.45, 7) is 15.1. The summed E-state index contributed by atoms with van der Waals surface area (Å²) in [7, 11) is -3.48. The first kappa shape index (κ1) is 22.5. The molecule has 1 fully saturated rings. The molecule has 1 aromatic rings. The summed E-state index contributed by atoms with van der Waals surface area (Å²) in [4.78, 5) is 0. The molecule has 0 bridgehead atoms. The predicted octanol–water partition coefficient (Wildman–Crippen LogP) is 7.50. The van der Waals surface area contributed by atoms with Crippen LogP contribution in [0.5, 0.6) is 5.75 Å². The lowest BCUT2D eigenvalue weighted by atomic mass is 9.80. The summed E-state index contributed by atoms with van der Waals surface area (Å²) in [5.41, 5.74) is 2.13. The molecule has 1 aromatic carbocycles. The van der Waals surface area contributed by atoms with Crippen LogP contribution in [-0.2, 0) is 24.4 Å². The highest BCUT2D eigenvalue weighted by Gasteiger charge is 2.46. The molecule has 0 spiro atoms. The fourth-order valence-corrected chi connectivity index (χ4v) is 4.43. The van der Waals surface area contributed by atoms with E-state index in [1.165, 1.54) is 24.8 Å². The van der Waals surface area contributed by atoms with Gasteiger partial charge in [0, 0.05) is 5.56 Å². The number of rotatable bonds is 8. The van der Waals surface area contributed by atoms with Crippen molar-refractivity contribution in [2.45, 2.75) is 104 Å². The van der Waals surface area contributed by atoms with Crippen molar-refractivity contribution in [3.63, 3.8) is 0 Å². The molecule has 0 unspecified atom stereocenters. The molecule has 1 aliphatic heterocycles. The second-order valence-corrected chi connectivity index (χ2v) is 11.1. The standard InChI is InChI=1S/C22H37O4P/c1-8-9-10-11-12-13-20-25-27(23,26-20)24-19-15-14-17(21(2,3)4)16-18(19)22(5,6)7/h14-16,20H,8-13H2,1-7H3. The zero-order valence-corrected chi connectivity index (χ0v) is 19.0. The van der Waals surface area contributed by atoms with Gasteiger partial charge in [-0.15, -0.1) is 0 Å². The minimum absolute atomic E-state index is 0.0369.